The molecule has 0 radical (unpaired) electrons. The standard InChI is InChI=1S/C16H17BrN2O3/c1-21-13-5-6-14(22-2)11(9-13)3-8-16(20)19-15-7-4-12(17)10-18-15/h4-7,9-10H,3,8H2,1-2H3,(H,18,19,20). The summed E-state index contributed by atoms with van der Waals surface area (Å²) in [5.41, 5.74) is 0.931. The van der Waals surface area contributed by atoms with Crippen molar-refractivity contribution in [2.75, 3.05) is 19.5 Å². The topological polar surface area (TPSA) is 60.5 Å². The number of halogens is 1. The Labute approximate surface area is 137 Å². The van der Waals surface area contributed by atoms with E-state index in [1.165, 1.54) is 0 Å². The first-order chi connectivity index (χ1) is 10.6. The fourth-order valence-electron chi connectivity index (χ4n) is 1.98. The monoisotopic (exact) mass is 364 g/mol. The molecule has 5 nitrogen and oxygen atoms in total. The smallest absolute Gasteiger partial charge is 0.225 e. The summed E-state index contributed by atoms with van der Waals surface area (Å²) in [4.78, 5) is 16.1. The largest absolute Gasteiger partial charge is 0.497 e. The van der Waals surface area contributed by atoms with Gasteiger partial charge in [0.2, 0.25) is 5.91 Å². The number of amides is 1. The van der Waals surface area contributed by atoms with E-state index in [4.69, 9.17) is 9.47 Å². The highest BCUT2D eigenvalue weighted by Gasteiger charge is 2.09. The number of ether oxygens (including phenoxy) is 2. The molecule has 0 spiro atoms. The van der Waals surface area contributed by atoms with Crippen LogP contribution >= 0.6 is 15.9 Å². The van der Waals surface area contributed by atoms with Crippen molar-refractivity contribution in [3.05, 3.63) is 46.6 Å². The van der Waals surface area contributed by atoms with E-state index >= 15 is 0 Å². The number of carbonyl (C=O) groups is 1. The summed E-state index contributed by atoms with van der Waals surface area (Å²) in [6, 6.07) is 9.11. The molecule has 2 rings (SSSR count). The van der Waals surface area contributed by atoms with Crippen molar-refractivity contribution in [2.45, 2.75) is 12.8 Å². The van der Waals surface area contributed by atoms with Crippen LogP contribution in [0.5, 0.6) is 11.5 Å². The number of nitrogens with one attached hydrogen (secondary N) is 1. The number of pyridine rings is 1. The molecule has 2 aromatic rings. The summed E-state index contributed by atoms with van der Waals surface area (Å²) in [6.45, 7) is 0. The van der Waals surface area contributed by atoms with Gasteiger partial charge in [0.25, 0.3) is 0 Å². The van der Waals surface area contributed by atoms with E-state index in [9.17, 15) is 4.79 Å². The first-order valence-electron chi connectivity index (χ1n) is 6.74. The molecule has 6 heteroatoms. The SMILES string of the molecule is COc1ccc(OC)c(CCC(=O)Nc2ccc(Br)cn2)c1. The van der Waals surface area contributed by atoms with Gasteiger partial charge in [0.1, 0.15) is 17.3 Å². The van der Waals surface area contributed by atoms with Gasteiger partial charge in [-0.15, -0.1) is 0 Å². The summed E-state index contributed by atoms with van der Waals surface area (Å²) < 4.78 is 11.4. The van der Waals surface area contributed by atoms with Crippen LogP contribution in [0, 0.1) is 0 Å². The third-order valence-corrected chi connectivity index (χ3v) is 3.57. The Morgan fingerprint density at radius 1 is 1.23 bits per heavy atom. The second kappa shape index (κ2) is 7.79. The van der Waals surface area contributed by atoms with Gasteiger partial charge < -0.3 is 14.8 Å². The van der Waals surface area contributed by atoms with Gasteiger partial charge in [0, 0.05) is 17.1 Å². The normalized spacial score (nSPS) is 10.1. The highest BCUT2D eigenvalue weighted by atomic mass is 79.9. The summed E-state index contributed by atoms with van der Waals surface area (Å²) in [5.74, 6) is 1.92. The molecule has 0 fully saturated rings. The van der Waals surface area contributed by atoms with Crippen LogP contribution in [0.2, 0.25) is 0 Å². The Bertz CT molecular complexity index is 644. The fourth-order valence-corrected chi connectivity index (χ4v) is 2.22. The van der Waals surface area contributed by atoms with Gasteiger partial charge in [-0.05, 0) is 58.2 Å². The maximum Gasteiger partial charge on any atom is 0.225 e. The Morgan fingerprint density at radius 3 is 2.68 bits per heavy atom. The highest BCUT2D eigenvalue weighted by Crippen LogP contribution is 2.25. The van der Waals surface area contributed by atoms with Crippen LogP contribution in [0.3, 0.4) is 0 Å². The minimum atomic E-state index is -0.0975. The van der Waals surface area contributed by atoms with Crippen molar-refractivity contribution in [3.8, 4) is 11.5 Å². The molecular weight excluding hydrogens is 348 g/mol. The summed E-state index contributed by atoms with van der Waals surface area (Å²) in [7, 11) is 3.22. The van der Waals surface area contributed by atoms with Crippen LogP contribution in [0.25, 0.3) is 0 Å². The molecule has 0 atom stereocenters. The van der Waals surface area contributed by atoms with Crippen LogP contribution in [-0.2, 0) is 11.2 Å². The number of methoxy groups -OCH3 is 2. The Balaban J connectivity index is 1.97. The van der Waals surface area contributed by atoms with Gasteiger partial charge in [0.15, 0.2) is 0 Å². The minimum absolute atomic E-state index is 0.0975. The van der Waals surface area contributed by atoms with Crippen molar-refractivity contribution in [3.63, 3.8) is 0 Å². The molecular formula is C16H17BrN2O3. The van der Waals surface area contributed by atoms with Crippen molar-refractivity contribution < 1.29 is 14.3 Å². The van der Waals surface area contributed by atoms with E-state index in [0.29, 0.717) is 18.7 Å². The lowest BCUT2D eigenvalue weighted by atomic mass is 10.1. The second-order valence-electron chi connectivity index (χ2n) is 4.59. The number of aromatic nitrogens is 1. The lowest BCUT2D eigenvalue weighted by Crippen LogP contribution is -2.13. The van der Waals surface area contributed by atoms with Crippen LogP contribution in [0.15, 0.2) is 41.0 Å². The molecule has 0 unspecified atom stereocenters. The molecule has 1 amide bonds. The lowest BCUT2D eigenvalue weighted by Gasteiger charge is -2.10. The van der Waals surface area contributed by atoms with Gasteiger partial charge in [-0.1, -0.05) is 0 Å². The first-order valence-corrected chi connectivity index (χ1v) is 7.54. The van der Waals surface area contributed by atoms with E-state index < -0.39 is 0 Å². The van der Waals surface area contributed by atoms with Gasteiger partial charge in [-0.25, -0.2) is 4.98 Å². The van der Waals surface area contributed by atoms with Crippen LogP contribution in [-0.4, -0.2) is 25.1 Å². The zero-order chi connectivity index (χ0) is 15.9. The maximum absolute atomic E-state index is 12.0. The van der Waals surface area contributed by atoms with Gasteiger partial charge >= 0.3 is 0 Å². The van der Waals surface area contributed by atoms with Crippen molar-refractivity contribution in [2.24, 2.45) is 0 Å². The zero-order valence-corrected chi connectivity index (χ0v) is 14.0. The number of hydrogen-bond acceptors (Lipinski definition) is 4. The van der Waals surface area contributed by atoms with Gasteiger partial charge in [0.05, 0.1) is 14.2 Å². The van der Waals surface area contributed by atoms with Crippen molar-refractivity contribution in [1.29, 1.82) is 0 Å². The molecule has 1 N–H and O–H groups in total. The molecule has 0 aliphatic rings. The number of hydrogen-bond donors (Lipinski definition) is 1. The quantitative estimate of drug-likeness (QED) is 0.852. The molecule has 22 heavy (non-hydrogen) atoms. The first kappa shape index (κ1) is 16.3. The number of anilines is 1. The van der Waals surface area contributed by atoms with Crippen LogP contribution in [0.4, 0.5) is 5.82 Å². The number of benzene rings is 1. The summed E-state index contributed by atoms with van der Waals surface area (Å²) in [5, 5.41) is 2.76. The van der Waals surface area contributed by atoms with E-state index in [2.05, 4.69) is 26.2 Å². The molecule has 1 heterocycles. The number of carbonyl (C=O) groups excluding carboxylic acids is 1. The average Bonchev–Trinajstić information content (AvgIpc) is 2.54. The number of aryl methyl sites for hydroxylation is 1. The minimum Gasteiger partial charge on any atom is -0.497 e. The van der Waals surface area contributed by atoms with Crippen LogP contribution in [0.1, 0.15) is 12.0 Å². The summed E-state index contributed by atoms with van der Waals surface area (Å²) in [6.07, 6.45) is 2.53. The zero-order valence-electron chi connectivity index (χ0n) is 12.4. The maximum atomic E-state index is 12.0. The predicted molar refractivity (Wildman–Crippen MR) is 88.4 cm³/mol. The van der Waals surface area contributed by atoms with Crippen molar-refractivity contribution >= 4 is 27.7 Å². The molecule has 0 aliphatic carbocycles. The molecule has 0 saturated heterocycles. The molecule has 0 bridgehead atoms. The second-order valence-corrected chi connectivity index (χ2v) is 5.50. The number of nitrogens with zero attached hydrogens (tertiary/aromatic N) is 1. The van der Waals surface area contributed by atoms with E-state index in [0.717, 1.165) is 21.5 Å². The molecule has 0 aliphatic heterocycles. The molecule has 1 aromatic carbocycles. The Morgan fingerprint density at radius 2 is 2.05 bits per heavy atom. The third kappa shape index (κ3) is 4.46. The van der Waals surface area contributed by atoms with Gasteiger partial charge in [-0.3, -0.25) is 4.79 Å². The highest BCUT2D eigenvalue weighted by molar-refractivity contribution is 9.10. The summed E-state index contributed by atoms with van der Waals surface area (Å²) >= 11 is 3.30. The van der Waals surface area contributed by atoms with E-state index in [1.807, 2.05) is 24.3 Å². The fraction of sp³-hybridized carbons (Fsp3) is 0.250. The van der Waals surface area contributed by atoms with Crippen molar-refractivity contribution in [1.82, 2.24) is 4.98 Å². The predicted octanol–water partition coefficient (Wildman–Crippen LogP) is 3.43. The Hall–Kier alpha value is -2.08. The molecule has 0 saturated carbocycles. The Kier molecular flexibility index (Phi) is 5.77. The average molecular weight is 365 g/mol. The third-order valence-electron chi connectivity index (χ3n) is 3.10. The van der Waals surface area contributed by atoms with Crippen LogP contribution < -0.4 is 14.8 Å². The number of rotatable bonds is 6. The van der Waals surface area contributed by atoms with Gasteiger partial charge in [-0.2, -0.15) is 0 Å². The lowest BCUT2D eigenvalue weighted by molar-refractivity contribution is -0.116. The van der Waals surface area contributed by atoms with E-state index in [-0.39, 0.29) is 5.91 Å². The molecule has 116 valence electrons. The molecule has 1 aromatic heterocycles. The van der Waals surface area contributed by atoms with E-state index in [1.54, 1.807) is 26.5 Å².